The lowest BCUT2D eigenvalue weighted by molar-refractivity contribution is -0.116. The molecule has 0 atom stereocenters. The van der Waals surface area contributed by atoms with Gasteiger partial charge in [-0.3, -0.25) is 4.79 Å². The van der Waals surface area contributed by atoms with Crippen molar-refractivity contribution in [2.24, 2.45) is 5.92 Å². The molecule has 10 heavy (non-hydrogen) atoms. The van der Waals surface area contributed by atoms with Crippen LogP contribution in [0, 0.1) is 5.92 Å². The van der Waals surface area contributed by atoms with Crippen LogP contribution < -0.4 is 5.32 Å². The maximum absolute atomic E-state index is 10.9. The number of hydrogen-bond acceptors (Lipinski definition) is 1. The molecular formula is C8H13NO. The molecule has 1 heterocycles. The van der Waals surface area contributed by atoms with Gasteiger partial charge in [0, 0.05) is 12.1 Å². The van der Waals surface area contributed by atoms with Gasteiger partial charge >= 0.3 is 0 Å². The van der Waals surface area contributed by atoms with Crippen molar-refractivity contribution in [3.63, 3.8) is 0 Å². The van der Waals surface area contributed by atoms with E-state index in [0.717, 1.165) is 18.5 Å². The Balaban J connectivity index is 2.62. The number of carbonyl (C=O) groups excluding carboxylic acids is 1. The van der Waals surface area contributed by atoms with Crippen molar-refractivity contribution < 1.29 is 4.79 Å². The minimum absolute atomic E-state index is 0.119. The van der Waals surface area contributed by atoms with Crippen LogP contribution in [0.2, 0.25) is 0 Å². The molecule has 0 aromatic carbocycles. The van der Waals surface area contributed by atoms with Crippen LogP contribution in [0.15, 0.2) is 11.6 Å². The summed E-state index contributed by atoms with van der Waals surface area (Å²) < 4.78 is 0. The van der Waals surface area contributed by atoms with E-state index in [2.05, 4.69) is 19.2 Å². The van der Waals surface area contributed by atoms with Gasteiger partial charge in [-0.25, -0.2) is 0 Å². The number of carbonyl (C=O) groups is 1. The van der Waals surface area contributed by atoms with Crippen LogP contribution in [-0.2, 0) is 4.79 Å². The molecular weight excluding hydrogens is 126 g/mol. The molecule has 0 spiro atoms. The first-order chi connectivity index (χ1) is 4.70. The molecule has 2 heteroatoms. The van der Waals surface area contributed by atoms with E-state index in [1.165, 1.54) is 0 Å². The number of rotatable bonds is 1. The lowest BCUT2D eigenvalue weighted by Crippen LogP contribution is -2.14. The molecule has 0 aliphatic carbocycles. The van der Waals surface area contributed by atoms with Crippen molar-refractivity contribution in [3.8, 4) is 0 Å². The predicted molar refractivity (Wildman–Crippen MR) is 40.5 cm³/mol. The van der Waals surface area contributed by atoms with Crippen LogP contribution in [0.25, 0.3) is 0 Å². The largest absolute Gasteiger partial charge is 0.352 e. The molecule has 1 saturated heterocycles. The topological polar surface area (TPSA) is 29.1 Å². The summed E-state index contributed by atoms with van der Waals surface area (Å²) in [6.07, 6.45) is 2.93. The summed E-state index contributed by atoms with van der Waals surface area (Å²) in [5.74, 6) is 0.604. The van der Waals surface area contributed by atoms with Gasteiger partial charge in [0.05, 0.1) is 0 Å². The van der Waals surface area contributed by atoms with Gasteiger partial charge in [-0.15, -0.1) is 0 Å². The van der Waals surface area contributed by atoms with E-state index >= 15 is 0 Å². The molecule has 0 bridgehead atoms. The maximum atomic E-state index is 10.9. The first-order valence-electron chi connectivity index (χ1n) is 3.69. The van der Waals surface area contributed by atoms with Crippen LogP contribution in [0.4, 0.5) is 0 Å². The first-order valence-corrected chi connectivity index (χ1v) is 3.69. The van der Waals surface area contributed by atoms with E-state index in [4.69, 9.17) is 0 Å². The Labute approximate surface area is 61.3 Å². The molecule has 1 fully saturated rings. The third-order valence-electron chi connectivity index (χ3n) is 1.51. The second-order valence-electron chi connectivity index (χ2n) is 2.94. The summed E-state index contributed by atoms with van der Waals surface area (Å²) in [5.41, 5.74) is 0.954. The summed E-state index contributed by atoms with van der Waals surface area (Å²) in [5, 5.41) is 2.77. The van der Waals surface area contributed by atoms with Crippen molar-refractivity contribution in [3.05, 3.63) is 11.6 Å². The fourth-order valence-corrected chi connectivity index (χ4v) is 1.10. The van der Waals surface area contributed by atoms with E-state index in [1.807, 2.05) is 6.08 Å². The van der Waals surface area contributed by atoms with Gasteiger partial charge in [0.1, 0.15) is 0 Å². The summed E-state index contributed by atoms with van der Waals surface area (Å²) in [4.78, 5) is 10.9. The van der Waals surface area contributed by atoms with Crippen molar-refractivity contribution >= 4 is 5.91 Å². The van der Waals surface area contributed by atoms with Crippen LogP contribution in [0.1, 0.15) is 20.3 Å². The van der Waals surface area contributed by atoms with Gasteiger partial charge in [-0.05, 0) is 12.3 Å². The quantitative estimate of drug-likeness (QED) is 0.541. The molecule has 56 valence electrons. The highest BCUT2D eigenvalue weighted by molar-refractivity contribution is 5.95. The van der Waals surface area contributed by atoms with Crippen LogP contribution in [0.5, 0.6) is 0 Å². The van der Waals surface area contributed by atoms with Gasteiger partial charge in [-0.2, -0.15) is 0 Å². The second kappa shape index (κ2) is 2.86. The normalized spacial score (nSPS) is 22.3. The Hall–Kier alpha value is -0.790. The minimum Gasteiger partial charge on any atom is -0.352 e. The molecule has 1 aliphatic heterocycles. The Kier molecular flexibility index (Phi) is 2.10. The molecule has 1 aliphatic rings. The van der Waals surface area contributed by atoms with E-state index in [-0.39, 0.29) is 5.91 Å². The number of amides is 1. The zero-order valence-corrected chi connectivity index (χ0v) is 6.48. The Morgan fingerprint density at radius 2 is 2.30 bits per heavy atom. The molecule has 0 radical (unpaired) electrons. The van der Waals surface area contributed by atoms with E-state index in [1.54, 1.807) is 0 Å². The Morgan fingerprint density at radius 1 is 1.60 bits per heavy atom. The second-order valence-corrected chi connectivity index (χ2v) is 2.94. The summed E-state index contributed by atoms with van der Waals surface area (Å²) in [7, 11) is 0. The van der Waals surface area contributed by atoms with E-state index in [0.29, 0.717) is 5.92 Å². The number of allylic oxidation sites excluding steroid dienone is 1. The van der Waals surface area contributed by atoms with Crippen molar-refractivity contribution in [2.45, 2.75) is 20.3 Å². The zero-order chi connectivity index (χ0) is 7.56. The van der Waals surface area contributed by atoms with Crippen molar-refractivity contribution in [2.75, 3.05) is 6.54 Å². The molecule has 1 rings (SSSR count). The van der Waals surface area contributed by atoms with Crippen LogP contribution >= 0.6 is 0 Å². The van der Waals surface area contributed by atoms with E-state index < -0.39 is 0 Å². The van der Waals surface area contributed by atoms with Gasteiger partial charge in [-0.1, -0.05) is 19.9 Å². The molecule has 0 aromatic rings. The standard InChI is InChI=1S/C8H13NO/c1-6(2)5-7-3-4-9-8(7)10/h5-6H,3-4H2,1-2H3,(H,9,10)/b7-5+. The Morgan fingerprint density at radius 3 is 2.70 bits per heavy atom. The van der Waals surface area contributed by atoms with Crippen molar-refractivity contribution in [1.82, 2.24) is 5.32 Å². The van der Waals surface area contributed by atoms with Crippen molar-refractivity contribution in [1.29, 1.82) is 0 Å². The minimum atomic E-state index is 0.119. The molecule has 0 aromatic heterocycles. The van der Waals surface area contributed by atoms with E-state index in [9.17, 15) is 4.79 Å². The van der Waals surface area contributed by atoms with Gasteiger partial charge in [0.2, 0.25) is 5.91 Å². The summed E-state index contributed by atoms with van der Waals surface area (Å²) in [6, 6.07) is 0. The zero-order valence-electron chi connectivity index (χ0n) is 6.48. The highest BCUT2D eigenvalue weighted by Crippen LogP contribution is 2.10. The SMILES string of the molecule is CC(C)/C=C1\CCNC1=O. The fraction of sp³-hybridized carbons (Fsp3) is 0.625. The van der Waals surface area contributed by atoms with Gasteiger partial charge in [0.25, 0.3) is 0 Å². The van der Waals surface area contributed by atoms with Gasteiger partial charge < -0.3 is 5.32 Å². The van der Waals surface area contributed by atoms with Crippen LogP contribution in [0.3, 0.4) is 0 Å². The summed E-state index contributed by atoms with van der Waals surface area (Å²) >= 11 is 0. The third-order valence-corrected chi connectivity index (χ3v) is 1.51. The molecule has 0 saturated carbocycles. The lowest BCUT2D eigenvalue weighted by atomic mass is 10.1. The molecule has 1 N–H and O–H groups in total. The first kappa shape index (κ1) is 7.32. The Bertz CT molecular complexity index is 170. The molecule has 1 amide bonds. The average molecular weight is 139 g/mol. The highest BCUT2D eigenvalue weighted by atomic mass is 16.1. The molecule has 2 nitrogen and oxygen atoms in total. The predicted octanol–water partition coefficient (Wildman–Crippen LogP) is 1.09. The van der Waals surface area contributed by atoms with Crippen LogP contribution in [-0.4, -0.2) is 12.5 Å². The summed E-state index contributed by atoms with van der Waals surface area (Å²) in [6.45, 7) is 4.98. The van der Waals surface area contributed by atoms with Gasteiger partial charge in [0.15, 0.2) is 0 Å². The smallest absolute Gasteiger partial charge is 0.246 e. The highest BCUT2D eigenvalue weighted by Gasteiger charge is 2.15. The maximum Gasteiger partial charge on any atom is 0.246 e. The number of nitrogens with one attached hydrogen (secondary N) is 1. The monoisotopic (exact) mass is 139 g/mol. The fourth-order valence-electron chi connectivity index (χ4n) is 1.10. The molecule has 0 unspecified atom stereocenters. The third kappa shape index (κ3) is 1.59. The average Bonchev–Trinajstić information content (AvgIpc) is 2.15. The lowest BCUT2D eigenvalue weighted by Gasteiger charge is -1.95. The number of hydrogen-bond donors (Lipinski definition) is 1.